The summed E-state index contributed by atoms with van der Waals surface area (Å²) in [6.07, 6.45) is 7.94. The van der Waals surface area contributed by atoms with Gasteiger partial charge in [-0.05, 0) is 25.3 Å². The summed E-state index contributed by atoms with van der Waals surface area (Å²) >= 11 is 0. The molecule has 16 heavy (non-hydrogen) atoms. The summed E-state index contributed by atoms with van der Waals surface area (Å²) in [7, 11) is 0. The van der Waals surface area contributed by atoms with Crippen LogP contribution in [0.3, 0.4) is 0 Å². The standard InChI is InChI=1S/C11H16N4O/c1-2-11(16)14-7-3-4-10(5-8-14)15-9-6-12-13-15/h2,6,9-10H,1,3-5,7-8H2. The Morgan fingerprint density at radius 3 is 3.00 bits per heavy atom. The van der Waals surface area contributed by atoms with E-state index in [-0.39, 0.29) is 5.91 Å². The maximum atomic E-state index is 11.5. The quantitative estimate of drug-likeness (QED) is 0.699. The summed E-state index contributed by atoms with van der Waals surface area (Å²) in [4.78, 5) is 13.3. The molecular formula is C11H16N4O. The third kappa shape index (κ3) is 2.29. The molecular weight excluding hydrogens is 204 g/mol. The summed E-state index contributed by atoms with van der Waals surface area (Å²) < 4.78 is 1.89. The average molecular weight is 220 g/mol. The Hall–Kier alpha value is -1.65. The van der Waals surface area contributed by atoms with Crippen molar-refractivity contribution in [2.75, 3.05) is 13.1 Å². The van der Waals surface area contributed by atoms with Crippen molar-refractivity contribution in [2.24, 2.45) is 0 Å². The van der Waals surface area contributed by atoms with Gasteiger partial charge < -0.3 is 4.90 Å². The highest BCUT2D eigenvalue weighted by Gasteiger charge is 2.20. The maximum absolute atomic E-state index is 11.5. The van der Waals surface area contributed by atoms with Crippen LogP contribution in [-0.4, -0.2) is 38.9 Å². The van der Waals surface area contributed by atoms with Gasteiger partial charge >= 0.3 is 0 Å². The van der Waals surface area contributed by atoms with E-state index in [1.54, 1.807) is 6.20 Å². The van der Waals surface area contributed by atoms with Crippen molar-refractivity contribution in [3.05, 3.63) is 25.0 Å². The summed E-state index contributed by atoms with van der Waals surface area (Å²) in [6, 6.07) is 0.366. The van der Waals surface area contributed by atoms with Gasteiger partial charge in [-0.25, -0.2) is 4.68 Å². The monoisotopic (exact) mass is 220 g/mol. The van der Waals surface area contributed by atoms with Crippen molar-refractivity contribution in [1.29, 1.82) is 0 Å². The molecule has 1 saturated heterocycles. The Morgan fingerprint density at radius 1 is 1.44 bits per heavy atom. The van der Waals surface area contributed by atoms with Gasteiger partial charge in [0.15, 0.2) is 0 Å². The lowest BCUT2D eigenvalue weighted by atomic mass is 10.1. The van der Waals surface area contributed by atoms with Crippen molar-refractivity contribution >= 4 is 5.91 Å². The number of nitrogens with zero attached hydrogens (tertiary/aromatic N) is 4. The third-order valence-corrected chi connectivity index (χ3v) is 3.00. The molecule has 5 nitrogen and oxygen atoms in total. The van der Waals surface area contributed by atoms with Gasteiger partial charge in [-0.3, -0.25) is 4.79 Å². The van der Waals surface area contributed by atoms with Crippen molar-refractivity contribution in [2.45, 2.75) is 25.3 Å². The number of hydrogen-bond donors (Lipinski definition) is 0. The van der Waals surface area contributed by atoms with Crippen LogP contribution in [0.25, 0.3) is 0 Å². The molecule has 0 aliphatic carbocycles. The fourth-order valence-electron chi connectivity index (χ4n) is 2.10. The van der Waals surface area contributed by atoms with Gasteiger partial charge in [-0.2, -0.15) is 0 Å². The second kappa shape index (κ2) is 4.92. The van der Waals surface area contributed by atoms with Crippen LogP contribution in [0.4, 0.5) is 0 Å². The zero-order chi connectivity index (χ0) is 11.4. The maximum Gasteiger partial charge on any atom is 0.245 e. The van der Waals surface area contributed by atoms with E-state index in [2.05, 4.69) is 16.9 Å². The SMILES string of the molecule is C=CC(=O)N1CCCC(n2ccnn2)CC1. The first-order valence-electron chi connectivity index (χ1n) is 5.58. The first kappa shape index (κ1) is 10.9. The summed E-state index contributed by atoms with van der Waals surface area (Å²) in [6.45, 7) is 5.11. The predicted molar refractivity (Wildman–Crippen MR) is 59.7 cm³/mol. The highest BCUT2D eigenvalue weighted by Crippen LogP contribution is 2.21. The van der Waals surface area contributed by atoms with Crippen LogP contribution >= 0.6 is 0 Å². The molecule has 0 aromatic carbocycles. The molecule has 1 aliphatic rings. The zero-order valence-corrected chi connectivity index (χ0v) is 9.25. The number of aromatic nitrogens is 3. The Kier molecular flexibility index (Phi) is 3.34. The van der Waals surface area contributed by atoms with E-state index >= 15 is 0 Å². The smallest absolute Gasteiger partial charge is 0.245 e. The molecule has 0 N–H and O–H groups in total. The number of likely N-dealkylation sites (tertiary alicyclic amines) is 1. The molecule has 1 aliphatic heterocycles. The van der Waals surface area contributed by atoms with Crippen LogP contribution in [-0.2, 0) is 4.79 Å². The van der Waals surface area contributed by atoms with Gasteiger partial charge in [0.05, 0.1) is 12.2 Å². The van der Waals surface area contributed by atoms with E-state index in [9.17, 15) is 4.79 Å². The van der Waals surface area contributed by atoms with E-state index in [1.807, 2.05) is 15.8 Å². The van der Waals surface area contributed by atoms with Gasteiger partial charge in [-0.15, -0.1) is 5.10 Å². The zero-order valence-electron chi connectivity index (χ0n) is 9.25. The molecule has 1 fully saturated rings. The molecule has 5 heteroatoms. The molecule has 1 atom stereocenters. The Morgan fingerprint density at radius 2 is 2.31 bits per heavy atom. The van der Waals surface area contributed by atoms with Crippen LogP contribution < -0.4 is 0 Å². The number of amides is 1. The minimum Gasteiger partial charge on any atom is -0.339 e. The molecule has 2 heterocycles. The van der Waals surface area contributed by atoms with Gasteiger partial charge in [-0.1, -0.05) is 11.8 Å². The van der Waals surface area contributed by atoms with E-state index in [0.29, 0.717) is 6.04 Å². The minimum absolute atomic E-state index is 0.0271. The number of carbonyl (C=O) groups is 1. The normalized spacial score (nSPS) is 21.5. The Labute approximate surface area is 94.7 Å². The van der Waals surface area contributed by atoms with E-state index < -0.39 is 0 Å². The van der Waals surface area contributed by atoms with Gasteiger partial charge in [0.2, 0.25) is 5.91 Å². The molecule has 86 valence electrons. The van der Waals surface area contributed by atoms with E-state index in [1.165, 1.54) is 6.08 Å². The predicted octanol–water partition coefficient (Wildman–Crippen LogP) is 1.02. The molecule has 0 spiro atoms. The summed E-state index contributed by atoms with van der Waals surface area (Å²) in [5.74, 6) is 0.0271. The topological polar surface area (TPSA) is 51.0 Å². The highest BCUT2D eigenvalue weighted by atomic mass is 16.2. The van der Waals surface area contributed by atoms with Gasteiger partial charge in [0, 0.05) is 19.3 Å². The first-order valence-corrected chi connectivity index (χ1v) is 5.58. The first-order chi connectivity index (χ1) is 7.81. The fourth-order valence-corrected chi connectivity index (χ4v) is 2.10. The number of rotatable bonds is 2. The lowest BCUT2D eigenvalue weighted by Gasteiger charge is -2.18. The van der Waals surface area contributed by atoms with Gasteiger partial charge in [0.25, 0.3) is 0 Å². The van der Waals surface area contributed by atoms with E-state index in [0.717, 1.165) is 32.4 Å². The van der Waals surface area contributed by atoms with Crippen molar-refractivity contribution < 1.29 is 4.79 Å². The van der Waals surface area contributed by atoms with E-state index in [4.69, 9.17) is 0 Å². The van der Waals surface area contributed by atoms with Crippen molar-refractivity contribution in [3.8, 4) is 0 Å². The average Bonchev–Trinajstić information content (AvgIpc) is 2.73. The van der Waals surface area contributed by atoms with Crippen molar-refractivity contribution in [1.82, 2.24) is 19.9 Å². The van der Waals surface area contributed by atoms with Crippen LogP contribution in [0.1, 0.15) is 25.3 Å². The molecule has 1 aromatic heterocycles. The number of hydrogen-bond acceptors (Lipinski definition) is 3. The minimum atomic E-state index is 0.0271. The van der Waals surface area contributed by atoms with Crippen molar-refractivity contribution in [3.63, 3.8) is 0 Å². The second-order valence-electron chi connectivity index (χ2n) is 4.00. The molecule has 1 aromatic rings. The largest absolute Gasteiger partial charge is 0.339 e. The highest BCUT2D eigenvalue weighted by molar-refractivity contribution is 5.86. The Bertz CT molecular complexity index is 360. The third-order valence-electron chi connectivity index (χ3n) is 3.00. The van der Waals surface area contributed by atoms with Crippen LogP contribution in [0.2, 0.25) is 0 Å². The number of carbonyl (C=O) groups excluding carboxylic acids is 1. The molecule has 0 radical (unpaired) electrons. The van der Waals surface area contributed by atoms with Crippen LogP contribution in [0.5, 0.6) is 0 Å². The molecule has 0 saturated carbocycles. The summed E-state index contributed by atoms with van der Waals surface area (Å²) in [5.41, 5.74) is 0. The Balaban J connectivity index is 1.98. The molecule has 1 amide bonds. The lowest BCUT2D eigenvalue weighted by molar-refractivity contribution is -0.125. The second-order valence-corrected chi connectivity index (χ2v) is 4.00. The van der Waals surface area contributed by atoms with Gasteiger partial charge in [0.1, 0.15) is 0 Å². The molecule has 2 rings (SSSR count). The van der Waals surface area contributed by atoms with Crippen LogP contribution in [0.15, 0.2) is 25.0 Å². The summed E-state index contributed by atoms with van der Waals surface area (Å²) in [5, 5.41) is 7.83. The lowest BCUT2D eigenvalue weighted by Crippen LogP contribution is -2.30. The van der Waals surface area contributed by atoms with Crippen LogP contribution in [0, 0.1) is 0 Å². The fraction of sp³-hybridized carbons (Fsp3) is 0.545. The molecule has 0 bridgehead atoms. The molecule has 1 unspecified atom stereocenters.